The molecule has 2 aliphatic rings. The van der Waals surface area contributed by atoms with Crippen LogP contribution in [0.2, 0.25) is 0 Å². The zero-order chi connectivity index (χ0) is 19.7. The number of amides is 2. The number of carbonyl (C=O) groups excluding carboxylic acids is 2. The number of aromatic amines is 1. The summed E-state index contributed by atoms with van der Waals surface area (Å²) in [7, 11) is 0. The minimum absolute atomic E-state index is 0.0256. The van der Waals surface area contributed by atoms with Gasteiger partial charge >= 0.3 is 0 Å². The van der Waals surface area contributed by atoms with Crippen molar-refractivity contribution in [1.29, 1.82) is 0 Å². The molecule has 28 heavy (non-hydrogen) atoms. The zero-order valence-corrected chi connectivity index (χ0v) is 15.5. The highest BCUT2D eigenvalue weighted by Crippen LogP contribution is 2.44. The van der Waals surface area contributed by atoms with Crippen LogP contribution in [0.15, 0.2) is 35.1 Å². The molecule has 0 radical (unpaired) electrons. The molecular formula is C20H23N5O3. The number of nitrogens with zero attached hydrogens (tertiary/aromatic N) is 2. The average Bonchev–Trinajstić information content (AvgIpc) is 3.05. The number of nitrogens with one attached hydrogen (secondary N) is 2. The second kappa shape index (κ2) is 7.10. The third-order valence-electron chi connectivity index (χ3n) is 5.90. The number of hydrogen-bond donors (Lipinski definition) is 3. The van der Waals surface area contributed by atoms with E-state index in [-0.39, 0.29) is 35.3 Å². The van der Waals surface area contributed by atoms with Gasteiger partial charge in [-0.25, -0.2) is 4.98 Å². The Hall–Kier alpha value is -3.16. The number of carbonyl (C=O) groups is 2. The lowest BCUT2D eigenvalue weighted by molar-refractivity contribution is -0.131. The van der Waals surface area contributed by atoms with E-state index in [0.717, 1.165) is 30.5 Å². The Bertz CT molecular complexity index is 962. The van der Waals surface area contributed by atoms with E-state index < -0.39 is 0 Å². The SMILES string of the molecule is Nc1nc2c(c(=O)[nH]1)CCC21CCN(C(=O)CNC(=O)c2ccccc2)CC1. The van der Waals surface area contributed by atoms with Crippen LogP contribution in [0, 0.1) is 0 Å². The highest BCUT2D eigenvalue weighted by Gasteiger charge is 2.44. The minimum Gasteiger partial charge on any atom is -0.369 e. The minimum atomic E-state index is -0.258. The molecule has 2 amide bonds. The fourth-order valence-corrected chi connectivity index (χ4v) is 4.30. The van der Waals surface area contributed by atoms with Crippen molar-refractivity contribution >= 4 is 17.8 Å². The van der Waals surface area contributed by atoms with Gasteiger partial charge < -0.3 is 16.0 Å². The number of rotatable bonds is 3. The maximum absolute atomic E-state index is 12.5. The maximum Gasteiger partial charge on any atom is 0.255 e. The smallest absolute Gasteiger partial charge is 0.255 e. The van der Waals surface area contributed by atoms with Crippen molar-refractivity contribution < 1.29 is 9.59 Å². The van der Waals surface area contributed by atoms with Gasteiger partial charge in [-0.3, -0.25) is 19.4 Å². The monoisotopic (exact) mass is 381 g/mol. The molecule has 0 bridgehead atoms. The molecule has 0 unspecified atom stereocenters. The Balaban J connectivity index is 1.37. The van der Waals surface area contributed by atoms with Crippen molar-refractivity contribution in [2.24, 2.45) is 0 Å². The molecule has 1 spiro atoms. The summed E-state index contributed by atoms with van der Waals surface area (Å²) in [6, 6.07) is 8.83. The number of likely N-dealkylation sites (tertiary alicyclic amines) is 1. The molecule has 8 nitrogen and oxygen atoms in total. The van der Waals surface area contributed by atoms with Crippen LogP contribution in [0.5, 0.6) is 0 Å². The number of anilines is 1. The van der Waals surface area contributed by atoms with E-state index in [1.807, 2.05) is 6.07 Å². The van der Waals surface area contributed by atoms with Crippen LogP contribution < -0.4 is 16.6 Å². The summed E-state index contributed by atoms with van der Waals surface area (Å²) in [4.78, 5) is 45.5. The summed E-state index contributed by atoms with van der Waals surface area (Å²) in [6.07, 6.45) is 3.04. The normalized spacial score (nSPS) is 17.4. The number of H-pyrrole nitrogens is 1. The van der Waals surface area contributed by atoms with Gasteiger partial charge in [-0.2, -0.15) is 0 Å². The van der Waals surface area contributed by atoms with Gasteiger partial charge in [-0.15, -0.1) is 0 Å². The predicted octanol–water partition coefficient (Wildman–Crippen LogP) is 0.589. The number of nitrogen functional groups attached to an aromatic ring is 1. The van der Waals surface area contributed by atoms with E-state index in [1.165, 1.54) is 0 Å². The zero-order valence-electron chi connectivity index (χ0n) is 15.5. The van der Waals surface area contributed by atoms with E-state index in [0.29, 0.717) is 25.1 Å². The van der Waals surface area contributed by atoms with Crippen molar-refractivity contribution in [2.45, 2.75) is 31.1 Å². The first-order valence-electron chi connectivity index (χ1n) is 9.49. The quantitative estimate of drug-likeness (QED) is 0.718. The van der Waals surface area contributed by atoms with Crippen molar-refractivity contribution in [3.05, 3.63) is 57.5 Å². The molecule has 1 aliphatic carbocycles. The van der Waals surface area contributed by atoms with E-state index in [1.54, 1.807) is 29.2 Å². The molecule has 4 rings (SSSR count). The molecule has 8 heteroatoms. The van der Waals surface area contributed by atoms with Crippen molar-refractivity contribution in [3.8, 4) is 0 Å². The molecule has 1 saturated heterocycles. The number of piperidine rings is 1. The second-order valence-electron chi connectivity index (χ2n) is 7.49. The van der Waals surface area contributed by atoms with Gasteiger partial charge in [0, 0.05) is 29.6 Å². The van der Waals surface area contributed by atoms with Crippen molar-refractivity contribution in [2.75, 3.05) is 25.4 Å². The molecule has 2 aromatic rings. The lowest BCUT2D eigenvalue weighted by Crippen LogP contribution is -2.48. The molecule has 1 aliphatic heterocycles. The number of nitrogens with two attached hydrogens (primary N) is 1. The third kappa shape index (κ3) is 3.26. The van der Waals surface area contributed by atoms with E-state index in [2.05, 4.69) is 15.3 Å². The Morgan fingerprint density at radius 1 is 1.18 bits per heavy atom. The number of hydrogen-bond acceptors (Lipinski definition) is 5. The van der Waals surface area contributed by atoms with E-state index in [9.17, 15) is 14.4 Å². The van der Waals surface area contributed by atoms with Crippen molar-refractivity contribution in [1.82, 2.24) is 20.2 Å². The van der Waals surface area contributed by atoms with Gasteiger partial charge in [0.25, 0.3) is 11.5 Å². The van der Waals surface area contributed by atoms with Gasteiger partial charge in [-0.05, 0) is 37.8 Å². The van der Waals surface area contributed by atoms with Crippen molar-refractivity contribution in [3.63, 3.8) is 0 Å². The third-order valence-corrected chi connectivity index (χ3v) is 5.90. The highest BCUT2D eigenvalue weighted by molar-refractivity contribution is 5.96. The fraction of sp³-hybridized carbons (Fsp3) is 0.400. The highest BCUT2D eigenvalue weighted by atomic mass is 16.2. The van der Waals surface area contributed by atoms with E-state index >= 15 is 0 Å². The Morgan fingerprint density at radius 2 is 1.89 bits per heavy atom. The number of fused-ring (bicyclic) bond motifs is 2. The molecular weight excluding hydrogens is 358 g/mol. The lowest BCUT2D eigenvalue weighted by Gasteiger charge is -2.39. The Morgan fingerprint density at radius 3 is 2.61 bits per heavy atom. The summed E-state index contributed by atoms with van der Waals surface area (Å²) < 4.78 is 0. The summed E-state index contributed by atoms with van der Waals surface area (Å²) in [5.41, 5.74) is 7.47. The summed E-state index contributed by atoms with van der Waals surface area (Å²) in [6.45, 7) is 1.13. The van der Waals surface area contributed by atoms with Gasteiger partial charge in [-0.1, -0.05) is 18.2 Å². The van der Waals surface area contributed by atoms with Crippen LogP contribution in [-0.4, -0.2) is 46.3 Å². The molecule has 1 aromatic heterocycles. The van der Waals surface area contributed by atoms with E-state index in [4.69, 9.17) is 5.73 Å². The Kier molecular flexibility index (Phi) is 4.62. The summed E-state index contributed by atoms with van der Waals surface area (Å²) >= 11 is 0. The molecule has 146 valence electrons. The lowest BCUT2D eigenvalue weighted by atomic mass is 9.76. The fourth-order valence-electron chi connectivity index (χ4n) is 4.30. The summed E-state index contributed by atoms with van der Waals surface area (Å²) in [5, 5.41) is 2.68. The first-order chi connectivity index (χ1) is 13.5. The number of aromatic nitrogens is 2. The van der Waals surface area contributed by atoms with Crippen LogP contribution in [0.4, 0.5) is 5.95 Å². The average molecular weight is 381 g/mol. The maximum atomic E-state index is 12.5. The first-order valence-corrected chi connectivity index (χ1v) is 9.49. The molecule has 4 N–H and O–H groups in total. The van der Waals surface area contributed by atoms with Crippen LogP contribution >= 0.6 is 0 Å². The Labute approximate surface area is 162 Å². The molecule has 2 heterocycles. The van der Waals surface area contributed by atoms with Crippen LogP contribution in [0.1, 0.15) is 40.9 Å². The van der Waals surface area contributed by atoms with Crippen LogP contribution in [0.3, 0.4) is 0 Å². The largest absolute Gasteiger partial charge is 0.369 e. The number of benzene rings is 1. The van der Waals surface area contributed by atoms with Gasteiger partial charge in [0.2, 0.25) is 11.9 Å². The molecule has 1 aromatic carbocycles. The first kappa shape index (κ1) is 18.2. The molecule has 1 fully saturated rings. The topological polar surface area (TPSA) is 121 Å². The van der Waals surface area contributed by atoms with Gasteiger partial charge in [0.05, 0.1) is 12.2 Å². The molecule has 0 atom stereocenters. The van der Waals surface area contributed by atoms with Crippen LogP contribution in [-0.2, 0) is 16.6 Å². The van der Waals surface area contributed by atoms with Crippen LogP contribution in [0.25, 0.3) is 0 Å². The second-order valence-corrected chi connectivity index (χ2v) is 7.49. The van der Waals surface area contributed by atoms with Gasteiger partial charge in [0.1, 0.15) is 0 Å². The standard InChI is InChI=1S/C20H23N5O3/c21-19-23-16-14(18(28)24-19)6-7-20(16)8-10-25(11-9-20)15(26)12-22-17(27)13-4-2-1-3-5-13/h1-5H,6-12H2,(H,22,27)(H3,21,23,24,28). The summed E-state index contributed by atoms with van der Waals surface area (Å²) in [5.74, 6) is -0.214. The van der Waals surface area contributed by atoms with Gasteiger partial charge in [0.15, 0.2) is 0 Å². The predicted molar refractivity (Wildman–Crippen MR) is 104 cm³/mol. The molecule has 0 saturated carbocycles.